The van der Waals surface area contributed by atoms with Gasteiger partial charge in [-0.1, -0.05) is 0 Å². The number of pyridine rings is 1. The zero-order valence-corrected chi connectivity index (χ0v) is 15.0. The number of rotatable bonds is 2. The fourth-order valence-electron chi connectivity index (χ4n) is 3.98. The van der Waals surface area contributed by atoms with Crippen molar-refractivity contribution in [3.63, 3.8) is 0 Å². The van der Waals surface area contributed by atoms with Crippen LogP contribution >= 0.6 is 11.3 Å². The lowest BCUT2D eigenvalue weighted by molar-refractivity contribution is 0.0630. The summed E-state index contributed by atoms with van der Waals surface area (Å²) < 4.78 is 0. The van der Waals surface area contributed by atoms with E-state index in [9.17, 15) is 4.79 Å². The first-order valence-corrected chi connectivity index (χ1v) is 9.53. The Morgan fingerprint density at radius 1 is 1.24 bits per heavy atom. The number of piperazine rings is 1. The number of amides is 1. The van der Waals surface area contributed by atoms with Crippen molar-refractivity contribution in [2.24, 2.45) is 0 Å². The van der Waals surface area contributed by atoms with E-state index in [0.29, 0.717) is 0 Å². The third-order valence-corrected chi connectivity index (χ3v) is 6.44. The summed E-state index contributed by atoms with van der Waals surface area (Å²) in [5.41, 5.74) is 2.16. The van der Waals surface area contributed by atoms with Crippen LogP contribution in [0.2, 0.25) is 0 Å². The van der Waals surface area contributed by atoms with Crippen molar-refractivity contribution < 1.29 is 4.79 Å². The monoisotopic (exact) mass is 352 g/mol. The van der Waals surface area contributed by atoms with Crippen molar-refractivity contribution in [2.75, 3.05) is 24.5 Å². The average molecular weight is 352 g/mol. The number of carbonyl (C=O) groups is 1. The maximum atomic E-state index is 13.0. The molecule has 2 aliphatic rings. The molecular formula is C19H20N4OS. The quantitative estimate of drug-likeness (QED) is 0.769. The maximum Gasteiger partial charge on any atom is 0.264 e. The highest BCUT2D eigenvalue weighted by Gasteiger charge is 2.53. The molecule has 3 aromatic heterocycles. The second-order valence-corrected chi connectivity index (χ2v) is 8.37. The molecule has 128 valence electrons. The van der Waals surface area contributed by atoms with Crippen LogP contribution in [0.25, 0.3) is 11.0 Å². The standard InChI is InChI=1S/C19H20N4OS/c1-13-2-3-16(25-13)18(24)23-11-10-22(12-19(23)6-7-19)15-5-9-21-17-14(15)4-8-20-17/h2-5,8-9H,6-7,10-12H2,1H3,(H,20,21). The molecular weight excluding hydrogens is 332 g/mol. The molecule has 0 aromatic carbocycles. The average Bonchev–Trinajstić information content (AvgIpc) is 3.03. The number of aromatic nitrogens is 2. The number of anilines is 1. The predicted octanol–water partition coefficient (Wildman–Crippen LogP) is 3.43. The highest BCUT2D eigenvalue weighted by molar-refractivity contribution is 7.13. The summed E-state index contributed by atoms with van der Waals surface area (Å²) in [5.74, 6) is 0.205. The SMILES string of the molecule is Cc1ccc(C(=O)N2CCN(c3ccnc4[nH]ccc34)CC23CC3)s1. The van der Waals surface area contributed by atoms with Crippen LogP contribution in [0.4, 0.5) is 5.69 Å². The van der Waals surface area contributed by atoms with Gasteiger partial charge in [0.05, 0.1) is 10.4 Å². The van der Waals surface area contributed by atoms with E-state index in [1.165, 1.54) is 10.6 Å². The van der Waals surface area contributed by atoms with Crippen molar-refractivity contribution in [2.45, 2.75) is 25.3 Å². The number of nitrogens with zero attached hydrogens (tertiary/aromatic N) is 3. The lowest BCUT2D eigenvalue weighted by Gasteiger charge is -2.43. The van der Waals surface area contributed by atoms with Crippen LogP contribution in [-0.2, 0) is 0 Å². The zero-order valence-electron chi connectivity index (χ0n) is 14.2. The van der Waals surface area contributed by atoms with Crippen LogP contribution in [0, 0.1) is 6.92 Å². The Hall–Kier alpha value is -2.34. The summed E-state index contributed by atoms with van der Waals surface area (Å²) in [7, 11) is 0. The molecule has 6 heteroatoms. The lowest BCUT2D eigenvalue weighted by Crippen LogP contribution is -2.57. The van der Waals surface area contributed by atoms with E-state index in [0.717, 1.165) is 48.4 Å². The molecule has 5 rings (SSSR count). The van der Waals surface area contributed by atoms with Gasteiger partial charge in [0.2, 0.25) is 0 Å². The number of carbonyl (C=O) groups excluding carboxylic acids is 1. The largest absolute Gasteiger partial charge is 0.367 e. The number of H-pyrrole nitrogens is 1. The van der Waals surface area contributed by atoms with Crippen molar-refractivity contribution in [1.82, 2.24) is 14.9 Å². The molecule has 25 heavy (non-hydrogen) atoms. The van der Waals surface area contributed by atoms with Crippen LogP contribution in [0.3, 0.4) is 0 Å². The van der Waals surface area contributed by atoms with Crippen LogP contribution in [0.15, 0.2) is 36.7 Å². The van der Waals surface area contributed by atoms with Gasteiger partial charge in [-0.3, -0.25) is 4.79 Å². The van der Waals surface area contributed by atoms with E-state index < -0.39 is 0 Å². The molecule has 1 spiro atoms. The lowest BCUT2D eigenvalue weighted by atomic mass is 10.1. The number of hydrogen-bond donors (Lipinski definition) is 1. The first-order chi connectivity index (χ1) is 12.2. The normalized spacial score (nSPS) is 18.9. The molecule has 0 unspecified atom stereocenters. The predicted molar refractivity (Wildman–Crippen MR) is 100 cm³/mol. The van der Waals surface area contributed by atoms with E-state index >= 15 is 0 Å². The van der Waals surface area contributed by atoms with Gasteiger partial charge in [0.25, 0.3) is 5.91 Å². The zero-order chi connectivity index (χ0) is 17.0. The highest BCUT2D eigenvalue weighted by atomic mass is 32.1. The van der Waals surface area contributed by atoms with Gasteiger partial charge >= 0.3 is 0 Å². The topological polar surface area (TPSA) is 52.2 Å². The molecule has 3 aromatic rings. The number of aromatic amines is 1. The first kappa shape index (κ1) is 15.0. The molecule has 2 fully saturated rings. The Bertz CT molecular complexity index is 955. The van der Waals surface area contributed by atoms with Gasteiger partial charge < -0.3 is 14.8 Å². The molecule has 1 saturated carbocycles. The van der Waals surface area contributed by atoms with Crippen molar-refractivity contribution in [1.29, 1.82) is 0 Å². The minimum atomic E-state index is 0.0130. The van der Waals surface area contributed by atoms with Gasteiger partial charge in [-0.25, -0.2) is 4.98 Å². The summed E-state index contributed by atoms with van der Waals surface area (Å²) in [4.78, 5) is 27.2. The van der Waals surface area contributed by atoms with Crippen molar-refractivity contribution >= 4 is 34.0 Å². The summed E-state index contributed by atoms with van der Waals surface area (Å²) in [6, 6.07) is 8.18. The fourth-order valence-corrected chi connectivity index (χ4v) is 4.79. The Labute approximate surface area is 150 Å². The number of fused-ring (bicyclic) bond motifs is 1. The van der Waals surface area contributed by atoms with E-state index in [-0.39, 0.29) is 11.4 Å². The molecule has 1 amide bonds. The van der Waals surface area contributed by atoms with Gasteiger partial charge in [-0.05, 0) is 44.0 Å². The summed E-state index contributed by atoms with van der Waals surface area (Å²) in [5, 5.41) is 1.16. The van der Waals surface area contributed by atoms with Crippen LogP contribution in [0.5, 0.6) is 0 Å². The molecule has 1 saturated heterocycles. The molecule has 4 heterocycles. The van der Waals surface area contributed by atoms with Gasteiger partial charge in [-0.15, -0.1) is 11.3 Å². The second-order valence-electron chi connectivity index (χ2n) is 7.08. The number of thiophene rings is 1. The Morgan fingerprint density at radius 3 is 2.88 bits per heavy atom. The molecule has 1 aliphatic carbocycles. The second kappa shape index (κ2) is 5.33. The van der Waals surface area contributed by atoms with Crippen LogP contribution < -0.4 is 4.90 Å². The fraction of sp³-hybridized carbons (Fsp3) is 0.368. The summed E-state index contributed by atoms with van der Waals surface area (Å²) in [6.07, 6.45) is 5.99. The number of hydrogen-bond acceptors (Lipinski definition) is 4. The highest BCUT2D eigenvalue weighted by Crippen LogP contribution is 2.46. The minimum absolute atomic E-state index is 0.0130. The van der Waals surface area contributed by atoms with Crippen LogP contribution in [-0.4, -0.2) is 45.9 Å². The molecule has 0 atom stereocenters. The van der Waals surface area contributed by atoms with Crippen molar-refractivity contribution in [3.05, 3.63) is 46.4 Å². The number of nitrogens with one attached hydrogen (secondary N) is 1. The third-order valence-electron chi connectivity index (χ3n) is 5.45. The maximum absolute atomic E-state index is 13.0. The summed E-state index contributed by atoms with van der Waals surface area (Å²) >= 11 is 1.60. The third kappa shape index (κ3) is 2.35. The van der Waals surface area contributed by atoms with E-state index in [1.807, 2.05) is 24.5 Å². The Balaban J connectivity index is 1.43. The minimum Gasteiger partial charge on any atom is -0.367 e. The molecule has 1 aliphatic heterocycles. The Morgan fingerprint density at radius 2 is 2.12 bits per heavy atom. The van der Waals surface area contributed by atoms with Crippen molar-refractivity contribution in [3.8, 4) is 0 Å². The van der Waals surface area contributed by atoms with Gasteiger partial charge in [0.1, 0.15) is 5.65 Å². The smallest absolute Gasteiger partial charge is 0.264 e. The molecule has 0 radical (unpaired) electrons. The van der Waals surface area contributed by atoms with Gasteiger partial charge in [0.15, 0.2) is 0 Å². The number of aryl methyl sites for hydroxylation is 1. The van der Waals surface area contributed by atoms with E-state index in [2.05, 4.69) is 38.8 Å². The Kier molecular flexibility index (Phi) is 3.19. The summed E-state index contributed by atoms with van der Waals surface area (Å²) in [6.45, 7) is 4.61. The van der Waals surface area contributed by atoms with Gasteiger partial charge in [-0.2, -0.15) is 0 Å². The molecule has 0 bridgehead atoms. The first-order valence-electron chi connectivity index (χ1n) is 8.72. The van der Waals surface area contributed by atoms with Gasteiger partial charge in [0, 0.05) is 48.0 Å². The molecule has 5 nitrogen and oxygen atoms in total. The molecule has 1 N–H and O–H groups in total. The van der Waals surface area contributed by atoms with E-state index in [4.69, 9.17) is 0 Å². The van der Waals surface area contributed by atoms with Crippen LogP contribution in [0.1, 0.15) is 27.4 Å². The van der Waals surface area contributed by atoms with E-state index in [1.54, 1.807) is 11.3 Å².